The van der Waals surface area contributed by atoms with Gasteiger partial charge in [-0.15, -0.1) is 0 Å². The molecule has 8 aromatic carbocycles. The molecule has 2 fully saturated rings. The van der Waals surface area contributed by atoms with Crippen molar-refractivity contribution in [1.29, 1.82) is 0 Å². The lowest BCUT2D eigenvalue weighted by molar-refractivity contribution is -0.137. The van der Waals surface area contributed by atoms with Crippen molar-refractivity contribution in [2.75, 3.05) is 67.2 Å². The quantitative estimate of drug-likeness (QED) is 0.0224. The normalized spacial score (nSPS) is 12.7. The molecule has 125 heavy (non-hydrogen) atoms. The Morgan fingerprint density at radius 2 is 0.848 bits per heavy atom. The lowest BCUT2D eigenvalue weighted by atomic mass is 10.1. The lowest BCUT2D eigenvalue weighted by Crippen LogP contribution is -2.36. The van der Waals surface area contributed by atoms with Crippen molar-refractivity contribution in [3.63, 3.8) is 0 Å². The molecule has 1 amide bonds. The first-order valence-electron chi connectivity index (χ1n) is 39.3. The van der Waals surface area contributed by atoms with E-state index in [0.717, 1.165) is 124 Å². The van der Waals surface area contributed by atoms with Crippen LogP contribution in [-0.4, -0.2) is 186 Å². The highest BCUT2D eigenvalue weighted by Gasteiger charge is 2.22. The Morgan fingerprint density at radius 1 is 0.432 bits per heavy atom. The Morgan fingerprint density at radius 3 is 1.26 bits per heavy atom. The summed E-state index contributed by atoms with van der Waals surface area (Å²) >= 11 is 37.3. The molecule has 2 saturated heterocycles. The summed E-state index contributed by atoms with van der Waals surface area (Å²) in [5.41, 5.74) is 16.9. The summed E-state index contributed by atoms with van der Waals surface area (Å²) in [6.07, 6.45) is 37.0. The molecule has 0 aliphatic carbocycles. The molecule has 7 heterocycles. The monoisotopic (exact) mass is 1810 g/mol. The number of piperidine rings is 1. The number of imidazole rings is 1. The minimum Gasteiger partial charge on any atom is -0.463 e. The first-order valence-corrected chi connectivity index (χ1v) is 43.0. The molecule has 12 aromatic rings. The number of carbonyl (C=O) groups is 2. The van der Waals surface area contributed by atoms with Gasteiger partial charge in [-0.25, -0.2) is 19.4 Å². The van der Waals surface area contributed by atoms with Crippen molar-refractivity contribution >= 4 is 271 Å². The minimum absolute atomic E-state index is 0.0784. The van der Waals surface area contributed by atoms with Crippen molar-refractivity contribution in [1.82, 2.24) is 28.9 Å². The molecule has 3 aliphatic heterocycles. The van der Waals surface area contributed by atoms with Crippen molar-refractivity contribution in [2.24, 2.45) is 39.9 Å². The Bertz CT molecular complexity index is 5100. The van der Waals surface area contributed by atoms with Gasteiger partial charge in [-0.05, 0) is 238 Å². The number of anilines is 3. The number of thiocarbonyl (C=S) groups is 8. The molecule has 0 unspecified atom stereocenters. The number of fused-ring (bicyclic) bond motifs is 1. The van der Waals surface area contributed by atoms with Gasteiger partial charge in [0.05, 0.1) is 83.5 Å². The predicted octanol–water partition coefficient (Wildman–Crippen LogP) is 22.2. The summed E-state index contributed by atoms with van der Waals surface area (Å²) in [5, 5.41) is 16.0. The van der Waals surface area contributed by atoms with Gasteiger partial charge in [0.15, 0.2) is 12.2 Å². The van der Waals surface area contributed by atoms with E-state index < -0.39 is 0 Å². The van der Waals surface area contributed by atoms with Crippen LogP contribution in [0.3, 0.4) is 0 Å². The van der Waals surface area contributed by atoms with E-state index in [2.05, 4.69) is 175 Å². The number of morpholine rings is 1. The maximum atomic E-state index is 11.4. The van der Waals surface area contributed by atoms with Gasteiger partial charge in [-0.2, -0.15) is 5.10 Å². The molecule has 0 saturated carbocycles. The summed E-state index contributed by atoms with van der Waals surface area (Å²) < 4.78 is 21.0. The minimum atomic E-state index is -0.338. The highest BCUT2D eigenvalue weighted by atomic mass is 32.1. The highest BCUT2D eigenvalue weighted by molar-refractivity contribution is 7.81. The molecule has 3 aliphatic rings. The number of ether oxygens (including phenoxy) is 2. The van der Waals surface area contributed by atoms with Gasteiger partial charge in [-0.1, -0.05) is 116 Å². The molecule has 0 spiro atoms. The fourth-order valence-electron chi connectivity index (χ4n) is 11.7. The van der Waals surface area contributed by atoms with Gasteiger partial charge in [-0.3, -0.25) is 44.7 Å². The van der Waals surface area contributed by atoms with Gasteiger partial charge < -0.3 is 37.7 Å². The van der Waals surface area contributed by atoms with Crippen LogP contribution < -0.4 is 14.7 Å². The molecule has 15 rings (SSSR count). The fraction of sp³-hybridized carbons (Fsp3) is 0.147. The van der Waals surface area contributed by atoms with Gasteiger partial charge in [0.2, 0.25) is 5.91 Å². The number of carbonyl (C=O) groups excluding carboxylic acids is 2. The maximum Gasteiger partial charge on any atom is 0.330 e. The zero-order chi connectivity index (χ0) is 88.5. The third kappa shape index (κ3) is 36.1. The Labute approximate surface area is 771 Å². The third-order valence-electron chi connectivity index (χ3n) is 17.6. The van der Waals surface area contributed by atoms with Crippen LogP contribution in [0.15, 0.2) is 313 Å². The zero-order valence-corrected chi connectivity index (χ0v) is 75.1. The van der Waals surface area contributed by atoms with Crippen LogP contribution in [0.1, 0.15) is 44.2 Å². The average molecular weight is 1810 g/mol. The summed E-state index contributed by atoms with van der Waals surface area (Å²) in [6, 6.07) is 67.0. The highest BCUT2D eigenvalue weighted by Crippen LogP contribution is 2.32. The number of aromatic nitrogens is 6. The maximum absolute atomic E-state index is 11.4. The SMILES string of the molecule is CC(=O)N1CCc2ccc(N=CC=S)cc21.CCOC(=O)/C=C/c1ccc(N=CC=S)cc1.S=CC=Nc1ccc(-c2cnco2)cc1.S=CC=Nc1ccc(-n2cccc2)cc1.S=CC=Nc1ccc(-n2cccn2)cc1.S=CC=Nc1ccc(-n2ccnc2)cc1.S=CC=Nc1ccc(N2CCCCC2)cc1.S=CC=Nc1ccc(N2CCOCC2)cc1. The molecule has 634 valence electrons. The third-order valence-corrected chi connectivity index (χ3v) is 18.6. The number of benzene rings is 8. The van der Waals surface area contributed by atoms with E-state index in [0.29, 0.717) is 6.61 Å². The number of nitrogens with zero attached hydrogens (tertiary/aromatic N) is 17. The van der Waals surface area contributed by atoms with Crippen LogP contribution in [0.4, 0.5) is 62.6 Å². The largest absolute Gasteiger partial charge is 0.463 e. The Balaban J connectivity index is 0.000000177. The predicted molar refractivity (Wildman–Crippen MR) is 552 cm³/mol. The fourth-order valence-corrected chi connectivity index (χ4v) is 12.2. The van der Waals surface area contributed by atoms with Crippen LogP contribution in [-0.2, 0) is 25.5 Å². The molecule has 0 radical (unpaired) electrons. The smallest absolute Gasteiger partial charge is 0.330 e. The summed E-state index contributed by atoms with van der Waals surface area (Å²) in [4.78, 5) is 70.0. The van der Waals surface area contributed by atoms with Gasteiger partial charge >= 0.3 is 5.97 Å². The molecule has 0 N–H and O–H groups in total. The van der Waals surface area contributed by atoms with Gasteiger partial charge in [0.1, 0.15) is 0 Å². The second kappa shape index (κ2) is 58.1. The van der Waals surface area contributed by atoms with E-state index in [1.807, 2.05) is 216 Å². The molecule has 0 atom stereocenters. The van der Waals surface area contributed by atoms with E-state index in [4.69, 9.17) is 26.1 Å². The average Bonchev–Trinajstić information content (AvgIpc) is 1.67. The van der Waals surface area contributed by atoms with Gasteiger partial charge in [0, 0.05) is 210 Å². The molecule has 0 bridgehead atoms. The van der Waals surface area contributed by atoms with E-state index in [-0.39, 0.29) is 11.9 Å². The zero-order valence-electron chi connectivity index (χ0n) is 68.6. The van der Waals surface area contributed by atoms with Crippen molar-refractivity contribution < 1.29 is 23.5 Å². The van der Waals surface area contributed by atoms with E-state index in [1.54, 1.807) is 104 Å². The Kier molecular flexibility index (Phi) is 45.3. The summed E-state index contributed by atoms with van der Waals surface area (Å²) in [6.45, 7) is 10.4. The first kappa shape index (κ1) is 97.4. The number of aliphatic imine (C=N–C) groups is 8. The van der Waals surface area contributed by atoms with Crippen LogP contribution >= 0.6 is 97.7 Å². The van der Waals surface area contributed by atoms with E-state index in [1.165, 1.54) is 105 Å². The molecular formula is C95H91N17O5S8. The lowest BCUT2D eigenvalue weighted by Gasteiger charge is -2.28. The van der Waals surface area contributed by atoms with Gasteiger partial charge in [0.25, 0.3) is 0 Å². The van der Waals surface area contributed by atoms with Crippen LogP contribution in [0.2, 0.25) is 0 Å². The summed E-state index contributed by atoms with van der Waals surface area (Å²) in [7, 11) is 0. The van der Waals surface area contributed by atoms with Crippen LogP contribution in [0.25, 0.3) is 34.5 Å². The number of amides is 1. The number of hydrogen-bond acceptors (Lipinski definition) is 26. The molecular weight excluding hydrogens is 1720 g/mol. The Hall–Kier alpha value is -13.0. The number of esters is 1. The van der Waals surface area contributed by atoms with Crippen LogP contribution in [0.5, 0.6) is 0 Å². The van der Waals surface area contributed by atoms with E-state index >= 15 is 0 Å². The number of rotatable bonds is 25. The van der Waals surface area contributed by atoms with Crippen LogP contribution in [0, 0.1) is 0 Å². The second-order valence-corrected chi connectivity index (χ2v) is 28.1. The molecule has 22 nitrogen and oxygen atoms in total. The topological polar surface area (TPSA) is 228 Å². The standard InChI is InChI=1S/C13H16N2S.C13H13NO2S.C12H12N2OS.C12H14N2OS.C12H10N2S.2C11H9N3S.C11H8N2OS/c16-11-8-14-12-4-6-13(7-5-12)15-9-2-1-3-10-15;1-2-16-13(15)8-5-11-3-6-12(7-4-11)14-9-10-17;1-9(15)14-6-4-10-2-3-11(8-12(10)14)13-5-7-16;16-10-5-13-11-1-3-12(4-2-11)14-6-8-15-9-7-14;15-10-7-13-11-3-5-12(6-4-11)14-8-1-2-9-14;15-9-7-12-10-2-4-11(5-3-10)14-8-1-6-13-14;15-8-6-13-10-1-3-11(4-2-10)14-7-5-12-9-14;15-6-5-13-10-3-1-9(2-4-10)11-7-12-8-14-11/h4-8,11H,1-3,9-10H2;3-10H,2H2,1H3;2-3,5,7-8H,4,6H2,1H3;1-5,10H,6-9H2;1-10H;2*1-9H;1-8H/b;8-5+,14-9?;;;;;;. The molecule has 30 heteroatoms. The summed E-state index contributed by atoms with van der Waals surface area (Å²) in [5.74, 6) is 0.491. The van der Waals surface area contributed by atoms with E-state index in [9.17, 15) is 9.59 Å². The first-order chi connectivity index (χ1) is 61.4. The van der Waals surface area contributed by atoms with Crippen molar-refractivity contribution in [2.45, 2.75) is 39.5 Å². The molecule has 4 aromatic heterocycles. The number of hydrogen-bond donors (Lipinski definition) is 0. The second-order valence-electron chi connectivity index (χ2n) is 25.9. The number of oxazole rings is 1. The van der Waals surface area contributed by atoms with Crippen molar-refractivity contribution in [3.8, 4) is 28.4 Å². The van der Waals surface area contributed by atoms with Crippen molar-refractivity contribution in [3.05, 3.63) is 280 Å².